The summed E-state index contributed by atoms with van der Waals surface area (Å²) < 4.78 is 10.4. The lowest BCUT2D eigenvalue weighted by Gasteiger charge is -2.26. The summed E-state index contributed by atoms with van der Waals surface area (Å²) in [4.78, 5) is 25.0. The van der Waals surface area contributed by atoms with Gasteiger partial charge in [-0.25, -0.2) is 4.79 Å². The molecule has 138 valence electrons. The fourth-order valence-corrected chi connectivity index (χ4v) is 3.47. The van der Waals surface area contributed by atoms with Crippen molar-refractivity contribution in [2.45, 2.75) is 58.4 Å². The van der Waals surface area contributed by atoms with Crippen molar-refractivity contribution in [2.75, 3.05) is 13.7 Å². The van der Waals surface area contributed by atoms with E-state index >= 15 is 0 Å². The van der Waals surface area contributed by atoms with E-state index in [-0.39, 0.29) is 11.9 Å². The van der Waals surface area contributed by atoms with Gasteiger partial charge in [-0.3, -0.25) is 4.79 Å². The quantitative estimate of drug-likeness (QED) is 0.765. The van der Waals surface area contributed by atoms with E-state index in [1.54, 1.807) is 26.2 Å². The Kier molecular flexibility index (Phi) is 7.29. The van der Waals surface area contributed by atoms with Gasteiger partial charge in [-0.1, -0.05) is 32.1 Å². The maximum atomic E-state index is 12.7. The molecule has 5 nitrogen and oxygen atoms in total. The molecule has 1 aromatic carbocycles. The van der Waals surface area contributed by atoms with Crippen LogP contribution in [-0.2, 0) is 9.53 Å². The van der Waals surface area contributed by atoms with Crippen molar-refractivity contribution in [1.82, 2.24) is 5.32 Å². The van der Waals surface area contributed by atoms with E-state index in [9.17, 15) is 9.59 Å². The first kappa shape index (κ1) is 19.3. The predicted octanol–water partition coefficient (Wildman–Crippen LogP) is 3.64. The van der Waals surface area contributed by atoms with Crippen LogP contribution in [0.25, 0.3) is 0 Å². The van der Waals surface area contributed by atoms with Crippen LogP contribution in [0.4, 0.5) is 0 Å². The third-order valence-electron chi connectivity index (χ3n) is 4.85. The number of ether oxygens (including phenoxy) is 2. The van der Waals surface area contributed by atoms with Gasteiger partial charge in [-0.15, -0.1) is 0 Å². The van der Waals surface area contributed by atoms with E-state index in [2.05, 4.69) is 5.32 Å². The predicted molar refractivity (Wildman–Crippen MR) is 96.8 cm³/mol. The van der Waals surface area contributed by atoms with Crippen LogP contribution in [-0.4, -0.2) is 31.6 Å². The fourth-order valence-electron chi connectivity index (χ4n) is 3.47. The van der Waals surface area contributed by atoms with Gasteiger partial charge in [0.15, 0.2) is 0 Å². The number of rotatable bonds is 7. The average molecular weight is 347 g/mol. The highest BCUT2D eigenvalue weighted by molar-refractivity contribution is 5.98. The lowest BCUT2D eigenvalue weighted by Crippen LogP contribution is -2.43. The molecular formula is C20H29NO4. The molecule has 2 rings (SSSR count). The highest BCUT2D eigenvalue weighted by atomic mass is 16.5. The Morgan fingerprint density at radius 3 is 2.56 bits per heavy atom. The van der Waals surface area contributed by atoms with E-state index in [1.807, 2.05) is 13.0 Å². The van der Waals surface area contributed by atoms with E-state index in [0.29, 0.717) is 30.3 Å². The van der Waals surface area contributed by atoms with Crippen molar-refractivity contribution >= 4 is 11.9 Å². The van der Waals surface area contributed by atoms with Crippen molar-refractivity contribution in [3.8, 4) is 5.75 Å². The topological polar surface area (TPSA) is 64.6 Å². The van der Waals surface area contributed by atoms with Gasteiger partial charge in [0, 0.05) is 5.56 Å². The SMILES string of the molecule is CCOC(=O)C(CC1CCCCC1)NC(=O)c1ccc(OC)cc1C. The van der Waals surface area contributed by atoms with E-state index in [4.69, 9.17) is 9.47 Å². The Morgan fingerprint density at radius 1 is 1.24 bits per heavy atom. The molecule has 0 heterocycles. The van der Waals surface area contributed by atoms with Crippen LogP contribution in [0.15, 0.2) is 18.2 Å². The molecule has 1 aliphatic rings. The summed E-state index contributed by atoms with van der Waals surface area (Å²) in [7, 11) is 1.59. The Morgan fingerprint density at radius 2 is 1.96 bits per heavy atom. The maximum Gasteiger partial charge on any atom is 0.328 e. The van der Waals surface area contributed by atoms with Gasteiger partial charge < -0.3 is 14.8 Å². The van der Waals surface area contributed by atoms with Crippen LogP contribution >= 0.6 is 0 Å². The highest BCUT2D eigenvalue weighted by Crippen LogP contribution is 2.28. The molecule has 1 atom stereocenters. The molecule has 5 heteroatoms. The molecule has 1 aromatic rings. The molecule has 0 aliphatic heterocycles. The number of hydrogen-bond acceptors (Lipinski definition) is 4. The van der Waals surface area contributed by atoms with Crippen molar-refractivity contribution in [1.29, 1.82) is 0 Å². The summed E-state index contributed by atoms with van der Waals surface area (Å²) >= 11 is 0. The van der Waals surface area contributed by atoms with Gasteiger partial charge in [0.2, 0.25) is 0 Å². The van der Waals surface area contributed by atoms with Gasteiger partial charge in [-0.2, -0.15) is 0 Å². The number of esters is 1. The largest absolute Gasteiger partial charge is 0.497 e. The number of aryl methyl sites for hydroxylation is 1. The van der Waals surface area contributed by atoms with Crippen molar-refractivity contribution in [3.05, 3.63) is 29.3 Å². The summed E-state index contributed by atoms with van der Waals surface area (Å²) in [5.41, 5.74) is 1.37. The zero-order valence-corrected chi connectivity index (χ0v) is 15.5. The summed E-state index contributed by atoms with van der Waals surface area (Å²) in [6.45, 7) is 3.96. The second-order valence-corrected chi connectivity index (χ2v) is 6.70. The molecule has 1 fully saturated rings. The molecule has 1 amide bonds. The second-order valence-electron chi connectivity index (χ2n) is 6.70. The number of carbonyl (C=O) groups excluding carboxylic acids is 2. The highest BCUT2D eigenvalue weighted by Gasteiger charge is 2.27. The Bertz CT molecular complexity index is 593. The zero-order valence-electron chi connectivity index (χ0n) is 15.5. The number of methoxy groups -OCH3 is 1. The third kappa shape index (κ3) is 5.48. The summed E-state index contributed by atoms with van der Waals surface area (Å²) in [5.74, 6) is 0.597. The van der Waals surface area contributed by atoms with Crippen LogP contribution in [0, 0.1) is 12.8 Å². The lowest BCUT2D eigenvalue weighted by molar-refractivity contribution is -0.146. The van der Waals surface area contributed by atoms with Crippen LogP contribution in [0.5, 0.6) is 5.75 Å². The van der Waals surface area contributed by atoms with Gasteiger partial charge in [0.25, 0.3) is 5.91 Å². The molecule has 0 saturated heterocycles. The maximum absolute atomic E-state index is 12.7. The fraction of sp³-hybridized carbons (Fsp3) is 0.600. The van der Waals surface area contributed by atoms with Gasteiger partial charge in [0.05, 0.1) is 13.7 Å². The normalized spacial score (nSPS) is 16.1. The van der Waals surface area contributed by atoms with Gasteiger partial charge in [-0.05, 0) is 49.9 Å². The molecule has 1 aliphatic carbocycles. The molecule has 1 saturated carbocycles. The van der Waals surface area contributed by atoms with E-state index in [0.717, 1.165) is 18.4 Å². The summed E-state index contributed by atoms with van der Waals surface area (Å²) in [6.07, 6.45) is 6.55. The first-order valence-electron chi connectivity index (χ1n) is 9.17. The Balaban J connectivity index is 2.08. The molecule has 0 spiro atoms. The van der Waals surface area contributed by atoms with E-state index < -0.39 is 6.04 Å². The lowest BCUT2D eigenvalue weighted by atomic mass is 9.84. The van der Waals surface area contributed by atoms with Gasteiger partial charge in [0.1, 0.15) is 11.8 Å². The van der Waals surface area contributed by atoms with Crippen LogP contribution in [0.2, 0.25) is 0 Å². The van der Waals surface area contributed by atoms with Gasteiger partial charge >= 0.3 is 5.97 Å². The molecule has 25 heavy (non-hydrogen) atoms. The zero-order chi connectivity index (χ0) is 18.2. The molecule has 1 N–H and O–H groups in total. The number of amides is 1. The molecule has 0 bridgehead atoms. The first-order chi connectivity index (χ1) is 12.0. The van der Waals surface area contributed by atoms with Crippen LogP contribution in [0.3, 0.4) is 0 Å². The Hall–Kier alpha value is -2.04. The monoisotopic (exact) mass is 347 g/mol. The third-order valence-corrected chi connectivity index (χ3v) is 4.85. The number of nitrogens with one attached hydrogen (secondary N) is 1. The molecular weight excluding hydrogens is 318 g/mol. The Labute approximate surface area is 150 Å². The van der Waals surface area contributed by atoms with Crippen LogP contribution in [0.1, 0.15) is 61.4 Å². The number of carbonyl (C=O) groups is 2. The number of benzene rings is 1. The summed E-state index contributed by atoms with van der Waals surface area (Å²) in [6, 6.07) is 4.71. The molecule has 1 unspecified atom stereocenters. The smallest absolute Gasteiger partial charge is 0.328 e. The first-order valence-corrected chi connectivity index (χ1v) is 9.17. The average Bonchev–Trinajstić information content (AvgIpc) is 2.62. The molecule has 0 radical (unpaired) electrons. The minimum absolute atomic E-state index is 0.242. The molecule has 0 aromatic heterocycles. The van der Waals surface area contributed by atoms with Crippen molar-refractivity contribution < 1.29 is 19.1 Å². The number of hydrogen-bond donors (Lipinski definition) is 1. The van der Waals surface area contributed by atoms with E-state index in [1.165, 1.54) is 19.3 Å². The minimum atomic E-state index is -0.586. The standard InChI is InChI=1S/C20H29NO4/c1-4-25-20(23)18(13-15-8-6-5-7-9-15)21-19(22)17-11-10-16(24-3)12-14(17)2/h10-12,15,18H,4-9,13H2,1-3H3,(H,21,22). The van der Waals surface area contributed by atoms with Crippen molar-refractivity contribution in [2.24, 2.45) is 5.92 Å². The summed E-state index contributed by atoms with van der Waals surface area (Å²) in [5, 5.41) is 2.89. The van der Waals surface area contributed by atoms with Crippen molar-refractivity contribution in [3.63, 3.8) is 0 Å². The second kappa shape index (κ2) is 9.44. The minimum Gasteiger partial charge on any atom is -0.497 e. The van der Waals surface area contributed by atoms with Crippen LogP contribution < -0.4 is 10.1 Å².